The van der Waals surface area contributed by atoms with Crippen molar-refractivity contribution in [1.82, 2.24) is 30.1 Å². The van der Waals surface area contributed by atoms with Gasteiger partial charge in [0.2, 0.25) is 5.91 Å². The van der Waals surface area contributed by atoms with Gasteiger partial charge in [0.25, 0.3) is 0 Å². The van der Waals surface area contributed by atoms with Crippen molar-refractivity contribution in [3.8, 4) is 33.9 Å². The number of amides is 1. The molecule has 8 nitrogen and oxygen atoms in total. The highest BCUT2D eigenvalue weighted by atomic mass is 16.1. The second-order valence-corrected chi connectivity index (χ2v) is 9.90. The maximum atomic E-state index is 12.4. The monoisotopic (exact) mass is 499 g/mol. The summed E-state index contributed by atoms with van der Waals surface area (Å²) in [5, 5.41) is 10.6. The number of carbonyl (C=O) groups excluding carboxylic acids is 1. The van der Waals surface area contributed by atoms with Crippen molar-refractivity contribution in [2.75, 3.05) is 5.32 Å². The summed E-state index contributed by atoms with van der Waals surface area (Å²) < 4.78 is 0. The Morgan fingerprint density at radius 2 is 1.82 bits per heavy atom. The number of rotatable bonds is 5. The van der Waals surface area contributed by atoms with E-state index in [0.29, 0.717) is 22.7 Å². The van der Waals surface area contributed by atoms with E-state index in [9.17, 15) is 4.79 Å². The first kappa shape index (κ1) is 22.4. The number of aromatic nitrogens is 6. The van der Waals surface area contributed by atoms with E-state index < -0.39 is 0 Å². The fourth-order valence-corrected chi connectivity index (χ4v) is 4.98. The van der Waals surface area contributed by atoms with Crippen molar-refractivity contribution < 1.29 is 4.79 Å². The zero-order valence-corrected chi connectivity index (χ0v) is 20.8. The van der Waals surface area contributed by atoms with E-state index in [0.717, 1.165) is 58.2 Å². The normalized spacial score (nSPS) is 13.6. The number of pyridine rings is 2. The van der Waals surface area contributed by atoms with Gasteiger partial charge in [-0.3, -0.25) is 14.9 Å². The van der Waals surface area contributed by atoms with Crippen molar-refractivity contribution in [3.63, 3.8) is 0 Å². The van der Waals surface area contributed by atoms with Crippen molar-refractivity contribution in [2.45, 2.75) is 26.2 Å². The summed E-state index contributed by atoms with van der Waals surface area (Å²) in [6.07, 6.45) is 6.44. The molecule has 8 heteroatoms. The van der Waals surface area contributed by atoms with Crippen LogP contribution in [-0.4, -0.2) is 36.0 Å². The largest absolute Gasteiger partial charge is 0.336 e. The molecule has 7 rings (SSSR count). The van der Waals surface area contributed by atoms with Gasteiger partial charge in [0.05, 0.1) is 34.1 Å². The number of imidazole rings is 1. The molecule has 0 radical (unpaired) electrons. The Kier molecular flexibility index (Phi) is 5.25. The molecule has 38 heavy (non-hydrogen) atoms. The summed E-state index contributed by atoms with van der Waals surface area (Å²) in [6, 6.07) is 20.3. The molecule has 0 spiro atoms. The summed E-state index contributed by atoms with van der Waals surface area (Å²) in [4.78, 5) is 30.1. The lowest BCUT2D eigenvalue weighted by molar-refractivity contribution is -0.122. The highest BCUT2D eigenvalue weighted by Gasteiger charge is 2.25. The lowest BCUT2D eigenvalue weighted by Gasteiger charge is -2.24. The van der Waals surface area contributed by atoms with E-state index in [1.54, 1.807) is 12.4 Å². The Hall–Kier alpha value is -4.85. The van der Waals surface area contributed by atoms with Gasteiger partial charge in [-0.2, -0.15) is 5.10 Å². The molecular formula is C30H25N7O. The zero-order chi connectivity index (χ0) is 25.6. The van der Waals surface area contributed by atoms with Crippen LogP contribution in [0.4, 0.5) is 5.69 Å². The van der Waals surface area contributed by atoms with Gasteiger partial charge in [-0.15, -0.1) is 0 Å². The van der Waals surface area contributed by atoms with Crippen LogP contribution in [0, 0.1) is 12.8 Å². The smallest absolute Gasteiger partial charge is 0.227 e. The summed E-state index contributed by atoms with van der Waals surface area (Å²) in [5.74, 6) is 0.818. The molecule has 3 N–H and O–H groups in total. The Bertz CT molecular complexity index is 1830. The van der Waals surface area contributed by atoms with E-state index >= 15 is 0 Å². The number of hydrogen-bond acceptors (Lipinski definition) is 5. The summed E-state index contributed by atoms with van der Waals surface area (Å²) in [5.41, 5.74) is 9.61. The summed E-state index contributed by atoms with van der Waals surface area (Å²) in [7, 11) is 0. The minimum Gasteiger partial charge on any atom is -0.336 e. The number of carbonyl (C=O) groups is 1. The van der Waals surface area contributed by atoms with Gasteiger partial charge in [0.1, 0.15) is 5.52 Å². The Morgan fingerprint density at radius 1 is 0.921 bits per heavy atom. The van der Waals surface area contributed by atoms with Crippen LogP contribution >= 0.6 is 0 Å². The molecule has 1 fully saturated rings. The van der Waals surface area contributed by atoms with Crippen molar-refractivity contribution in [2.24, 2.45) is 5.92 Å². The van der Waals surface area contributed by atoms with Crippen molar-refractivity contribution >= 4 is 33.7 Å². The van der Waals surface area contributed by atoms with Crippen LogP contribution in [0.15, 0.2) is 73.1 Å². The molecule has 2 aromatic carbocycles. The molecule has 0 atom stereocenters. The second kappa shape index (κ2) is 8.92. The van der Waals surface area contributed by atoms with Crippen LogP contribution in [0.1, 0.15) is 24.8 Å². The fourth-order valence-electron chi connectivity index (χ4n) is 4.98. The van der Waals surface area contributed by atoms with Crippen LogP contribution in [0.5, 0.6) is 0 Å². The quantitative estimate of drug-likeness (QED) is 0.258. The van der Waals surface area contributed by atoms with Gasteiger partial charge in [-0.05, 0) is 49.6 Å². The molecule has 1 aliphatic rings. The highest BCUT2D eigenvalue weighted by molar-refractivity contribution is 5.97. The van der Waals surface area contributed by atoms with E-state index in [1.165, 1.54) is 5.56 Å². The third kappa shape index (κ3) is 3.91. The first-order valence-corrected chi connectivity index (χ1v) is 12.8. The zero-order valence-electron chi connectivity index (χ0n) is 20.8. The minimum absolute atomic E-state index is 0.0608. The number of nitrogens with one attached hydrogen (secondary N) is 3. The van der Waals surface area contributed by atoms with E-state index in [2.05, 4.69) is 62.7 Å². The fraction of sp³-hybridized carbons (Fsp3) is 0.167. The molecule has 0 unspecified atom stereocenters. The highest BCUT2D eigenvalue weighted by Crippen LogP contribution is 2.33. The molecule has 0 aliphatic heterocycles. The molecule has 1 amide bonds. The number of benzene rings is 2. The Morgan fingerprint density at radius 3 is 2.66 bits per heavy atom. The number of aryl methyl sites for hydroxylation is 1. The first-order chi connectivity index (χ1) is 18.6. The van der Waals surface area contributed by atoms with Crippen LogP contribution in [0.25, 0.3) is 56.0 Å². The number of fused-ring (bicyclic) bond motifs is 2. The maximum Gasteiger partial charge on any atom is 0.227 e. The molecular weight excluding hydrogens is 474 g/mol. The molecule has 1 saturated carbocycles. The summed E-state index contributed by atoms with van der Waals surface area (Å²) in [6.45, 7) is 2.09. The lowest BCUT2D eigenvalue weighted by Crippen LogP contribution is -2.28. The number of nitrogens with zero attached hydrogens (tertiary/aromatic N) is 4. The predicted octanol–water partition coefficient (Wildman–Crippen LogP) is 6.28. The molecule has 0 saturated heterocycles. The van der Waals surface area contributed by atoms with Crippen LogP contribution in [0.3, 0.4) is 0 Å². The van der Waals surface area contributed by atoms with Crippen molar-refractivity contribution in [3.05, 3.63) is 78.6 Å². The number of H-pyrrole nitrogens is 2. The van der Waals surface area contributed by atoms with Crippen LogP contribution < -0.4 is 5.32 Å². The molecule has 186 valence electrons. The van der Waals surface area contributed by atoms with E-state index in [1.807, 2.05) is 30.3 Å². The third-order valence-electron chi connectivity index (χ3n) is 7.25. The SMILES string of the molecule is Cc1cccc(-c2cccc3[nH]c(-c4n[nH]c5ccc(-c6cncc(NC(=O)C7CCC7)c6)nc45)nc23)c1. The Balaban J connectivity index is 1.26. The van der Waals surface area contributed by atoms with E-state index in [-0.39, 0.29) is 11.8 Å². The maximum absolute atomic E-state index is 12.4. The average Bonchev–Trinajstić information content (AvgIpc) is 3.51. The van der Waals surface area contributed by atoms with Gasteiger partial charge in [-0.1, -0.05) is 48.4 Å². The number of para-hydroxylation sites is 1. The van der Waals surface area contributed by atoms with Gasteiger partial charge < -0.3 is 10.3 Å². The second-order valence-electron chi connectivity index (χ2n) is 9.90. The van der Waals surface area contributed by atoms with Crippen LogP contribution in [0.2, 0.25) is 0 Å². The number of hydrogen-bond donors (Lipinski definition) is 3. The van der Waals surface area contributed by atoms with Gasteiger partial charge in [0, 0.05) is 23.2 Å². The predicted molar refractivity (Wildman–Crippen MR) is 148 cm³/mol. The molecule has 1 aliphatic carbocycles. The third-order valence-corrected chi connectivity index (χ3v) is 7.25. The molecule has 4 heterocycles. The molecule has 6 aromatic rings. The van der Waals surface area contributed by atoms with Gasteiger partial charge >= 0.3 is 0 Å². The molecule has 0 bridgehead atoms. The standard InChI is InChI=1S/C30H25N7O/c1-17-5-2-8-19(13-17)22-9-4-10-24-26(22)35-29(34-24)28-27-25(36-37-28)12-11-23(33-27)20-14-21(16-31-15-20)32-30(38)18-6-3-7-18/h2,4-5,8-16,18H,3,6-7H2,1H3,(H,32,38)(H,34,35)(H,36,37). The average molecular weight is 500 g/mol. The van der Waals surface area contributed by atoms with Gasteiger partial charge in [-0.25, -0.2) is 9.97 Å². The Labute approximate surface area is 218 Å². The van der Waals surface area contributed by atoms with Crippen molar-refractivity contribution in [1.29, 1.82) is 0 Å². The lowest BCUT2D eigenvalue weighted by atomic mass is 9.85. The first-order valence-electron chi connectivity index (χ1n) is 12.8. The topological polar surface area (TPSA) is 112 Å². The van der Waals surface area contributed by atoms with Crippen LogP contribution in [-0.2, 0) is 4.79 Å². The van der Waals surface area contributed by atoms with E-state index in [4.69, 9.17) is 9.97 Å². The number of anilines is 1. The molecule has 4 aromatic heterocycles. The number of aromatic amines is 2. The summed E-state index contributed by atoms with van der Waals surface area (Å²) >= 11 is 0. The minimum atomic E-state index is 0.0608. The van der Waals surface area contributed by atoms with Gasteiger partial charge in [0.15, 0.2) is 11.5 Å².